The van der Waals surface area contributed by atoms with Crippen LogP contribution in [0.3, 0.4) is 0 Å². The molecule has 0 spiro atoms. The quantitative estimate of drug-likeness (QED) is 0.907. The predicted octanol–water partition coefficient (Wildman–Crippen LogP) is 1.07. The molecule has 1 saturated heterocycles. The number of carbonyl (C=O) groups excluding carboxylic acids is 1. The van der Waals surface area contributed by atoms with Gasteiger partial charge in [-0.1, -0.05) is 5.16 Å². The average molecular weight is 318 g/mol. The van der Waals surface area contributed by atoms with Crippen LogP contribution in [-0.4, -0.2) is 49.9 Å². The summed E-state index contributed by atoms with van der Waals surface area (Å²) in [7, 11) is 1.80. The van der Waals surface area contributed by atoms with Gasteiger partial charge >= 0.3 is 0 Å². The highest BCUT2D eigenvalue weighted by molar-refractivity contribution is 5.93. The van der Waals surface area contributed by atoms with Crippen LogP contribution >= 0.6 is 0 Å². The van der Waals surface area contributed by atoms with E-state index in [0.717, 1.165) is 25.9 Å². The van der Waals surface area contributed by atoms with Crippen molar-refractivity contribution < 1.29 is 9.32 Å². The second-order valence-electron chi connectivity index (χ2n) is 6.04. The number of nitrogens with one attached hydrogen (secondary N) is 1. The van der Waals surface area contributed by atoms with Gasteiger partial charge in [-0.2, -0.15) is 10.1 Å². The van der Waals surface area contributed by atoms with E-state index in [9.17, 15) is 4.79 Å². The highest BCUT2D eigenvalue weighted by Gasteiger charge is 2.27. The lowest BCUT2D eigenvalue weighted by Gasteiger charge is -2.34. The van der Waals surface area contributed by atoms with Crippen molar-refractivity contribution in [2.45, 2.75) is 38.8 Å². The number of nitrogens with zero attached hydrogens (tertiary/aromatic N) is 5. The third-order valence-electron chi connectivity index (χ3n) is 4.28. The molecule has 1 N–H and O–H groups in total. The monoisotopic (exact) mass is 318 g/mol. The van der Waals surface area contributed by atoms with Crippen LogP contribution in [0.1, 0.15) is 47.9 Å². The van der Waals surface area contributed by atoms with Crippen LogP contribution in [0.25, 0.3) is 0 Å². The van der Waals surface area contributed by atoms with Crippen LogP contribution in [0, 0.1) is 6.92 Å². The number of hydrogen-bond donors (Lipinski definition) is 1. The molecule has 1 amide bonds. The molecule has 1 aliphatic rings. The highest BCUT2D eigenvalue weighted by Crippen LogP contribution is 2.23. The molecule has 0 saturated carbocycles. The lowest BCUT2D eigenvalue weighted by atomic mass is 10.0. The summed E-state index contributed by atoms with van der Waals surface area (Å²) in [6.07, 6.45) is 5.13. The molecule has 0 radical (unpaired) electrons. The van der Waals surface area contributed by atoms with Crippen LogP contribution in [0.4, 0.5) is 0 Å². The number of amides is 1. The van der Waals surface area contributed by atoms with E-state index in [1.54, 1.807) is 24.1 Å². The molecule has 124 valence electrons. The molecule has 0 bridgehead atoms. The number of likely N-dealkylation sites (tertiary alicyclic amines) is 1. The Hall–Kier alpha value is -2.22. The molecule has 1 unspecified atom stereocenters. The highest BCUT2D eigenvalue weighted by atomic mass is 16.5. The third kappa shape index (κ3) is 3.58. The molecule has 2 aromatic rings. The first-order valence-corrected chi connectivity index (χ1v) is 7.86. The molecule has 1 aliphatic heterocycles. The summed E-state index contributed by atoms with van der Waals surface area (Å²) in [5.74, 6) is 1.25. The van der Waals surface area contributed by atoms with E-state index in [1.807, 2.05) is 6.92 Å². The summed E-state index contributed by atoms with van der Waals surface area (Å²) in [5.41, 5.74) is 0.602. The molecule has 23 heavy (non-hydrogen) atoms. The molecule has 0 aromatic carbocycles. The number of carbonyl (C=O) groups is 1. The fourth-order valence-electron chi connectivity index (χ4n) is 2.88. The minimum Gasteiger partial charge on any atom is -0.349 e. The third-order valence-corrected chi connectivity index (χ3v) is 4.28. The Morgan fingerprint density at radius 1 is 1.43 bits per heavy atom. The van der Waals surface area contributed by atoms with Crippen LogP contribution in [0.5, 0.6) is 0 Å². The summed E-state index contributed by atoms with van der Waals surface area (Å²) >= 11 is 0. The van der Waals surface area contributed by atoms with Gasteiger partial charge in [0.1, 0.15) is 0 Å². The van der Waals surface area contributed by atoms with Gasteiger partial charge in [0.2, 0.25) is 5.89 Å². The van der Waals surface area contributed by atoms with Crippen molar-refractivity contribution in [1.82, 2.24) is 30.1 Å². The van der Waals surface area contributed by atoms with Gasteiger partial charge in [-0.05, 0) is 26.7 Å². The van der Waals surface area contributed by atoms with E-state index in [4.69, 9.17) is 4.52 Å². The SMILES string of the molecule is Cc1noc(C(C)N2CCC(NC(=O)c3cnn(C)c3)CC2)n1. The Bertz CT molecular complexity index is 671. The van der Waals surface area contributed by atoms with Gasteiger partial charge in [-0.15, -0.1) is 0 Å². The van der Waals surface area contributed by atoms with Gasteiger partial charge in [0.05, 0.1) is 17.8 Å². The minimum absolute atomic E-state index is 0.0582. The van der Waals surface area contributed by atoms with Crippen molar-refractivity contribution in [3.8, 4) is 0 Å². The second-order valence-corrected chi connectivity index (χ2v) is 6.04. The van der Waals surface area contributed by atoms with E-state index >= 15 is 0 Å². The van der Waals surface area contributed by atoms with Crippen LogP contribution in [-0.2, 0) is 7.05 Å². The van der Waals surface area contributed by atoms with E-state index in [0.29, 0.717) is 17.3 Å². The molecule has 8 nitrogen and oxygen atoms in total. The zero-order valence-corrected chi connectivity index (χ0v) is 13.7. The van der Waals surface area contributed by atoms with E-state index in [2.05, 4.69) is 32.4 Å². The molecule has 3 heterocycles. The first-order valence-electron chi connectivity index (χ1n) is 7.86. The largest absolute Gasteiger partial charge is 0.349 e. The van der Waals surface area contributed by atoms with Crippen LogP contribution < -0.4 is 5.32 Å². The topological polar surface area (TPSA) is 89.1 Å². The van der Waals surface area contributed by atoms with Crippen molar-refractivity contribution in [1.29, 1.82) is 0 Å². The van der Waals surface area contributed by atoms with Crippen molar-refractivity contribution in [3.63, 3.8) is 0 Å². The molecule has 2 aromatic heterocycles. The summed E-state index contributed by atoms with van der Waals surface area (Å²) in [5, 5.41) is 11.0. The van der Waals surface area contributed by atoms with Crippen molar-refractivity contribution in [3.05, 3.63) is 29.7 Å². The second kappa shape index (κ2) is 6.49. The maximum Gasteiger partial charge on any atom is 0.254 e. The van der Waals surface area contributed by atoms with Gasteiger partial charge < -0.3 is 9.84 Å². The molecular weight excluding hydrogens is 296 g/mol. The smallest absolute Gasteiger partial charge is 0.254 e. The summed E-state index contributed by atoms with van der Waals surface area (Å²) < 4.78 is 6.88. The Morgan fingerprint density at radius 3 is 2.74 bits per heavy atom. The Morgan fingerprint density at radius 2 is 2.17 bits per heavy atom. The van der Waals surface area contributed by atoms with Crippen LogP contribution in [0.15, 0.2) is 16.9 Å². The fraction of sp³-hybridized carbons (Fsp3) is 0.600. The van der Waals surface area contributed by atoms with E-state index in [1.165, 1.54) is 0 Å². The zero-order chi connectivity index (χ0) is 16.4. The Kier molecular flexibility index (Phi) is 4.42. The maximum absolute atomic E-state index is 12.2. The number of piperidine rings is 1. The normalized spacial score (nSPS) is 18.0. The lowest BCUT2D eigenvalue weighted by molar-refractivity contribution is 0.0881. The summed E-state index contributed by atoms with van der Waals surface area (Å²) in [6.45, 7) is 5.67. The minimum atomic E-state index is -0.0582. The van der Waals surface area contributed by atoms with Gasteiger partial charge in [0.25, 0.3) is 5.91 Å². The molecule has 3 rings (SSSR count). The number of aromatic nitrogens is 4. The first-order chi connectivity index (χ1) is 11.0. The van der Waals surface area contributed by atoms with Gasteiger partial charge in [0.15, 0.2) is 5.82 Å². The fourth-order valence-corrected chi connectivity index (χ4v) is 2.88. The van der Waals surface area contributed by atoms with Gasteiger partial charge in [0, 0.05) is 32.4 Å². The van der Waals surface area contributed by atoms with E-state index in [-0.39, 0.29) is 18.0 Å². The number of rotatable bonds is 4. The number of aryl methyl sites for hydroxylation is 2. The maximum atomic E-state index is 12.2. The van der Waals surface area contributed by atoms with Crippen molar-refractivity contribution >= 4 is 5.91 Å². The van der Waals surface area contributed by atoms with E-state index < -0.39 is 0 Å². The molecular formula is C15H22N6O2. The van der Waals surface area contributed by atoms with Crippen LogP contribution in [0.2, 0.25) is 0 Å². The average Bonchev–Trinajstić information content (AvgIpc) is 3.16. The van der Waals surface area contributed by atoms with Gasteiger partial charge in [-0.3, -0.25) is 14.4 Å². The number of hydrogen-bond acceptors (Lipinski definition) is 6. The lowest BCUT2D eigenvalue weighted by Crippen LogP contribution is -2.45. The Labute approximate surface area is 134 Å². The molecule has 0 aliphatic carbocycles. The standard InChI is InChI=1S/C15H22N6O2/c1-10(15-17-11(2)19-23-15)21-6-4-13(5-7-21)18-14(22)12-8-16-20(3)9-12/h8-10,13H,4-7H2,1-3H3,(H,18,22). The Balaban J connectivity index is 1.51. The van der Waals surface area contributed by atoms with Crippen molar-refractivity contribution in [2.75, 3.05) is 13.1 Å². The predicted molar refractivity (Wildman–Crippen MR) is 82.7 cm³/mol. The molecule has 8 heteroatoms. The zero-order valence-electron chi connectivity index (χ0n) is 13.7. The first kappa shape index (κ1) is 15.7. The summed E-state index contributed by atoms with van der Waals surface area (Å²) in [6, 6.07) is 0.293. The van der Waals surface area contributed by atoms with Gasteiger partial charge in [-0.25, -0.2) is 0 Å². The molecule has 1 fully saturated rings. The summed E-state index contributed by atoms with van der Waals surface area (Å²) in [4.78, 5) is 18.8. The van der Waals surface area contributed by atoms with Crippen molar-refractivity contribution in [2.24, 2.45) is 7.05 Å². The molecule has 1 atom stereocenters.